The van der Waals surface area contributed by atoms with Gasteiger partial charge in [0.2, 0.25) is 0 Å². The lowest BCUT2D eigenvalue weighted by Crippen LogP contribution is -2.13. The molecule has 0 N–H and O–H groups in total. The molecule has 0 unspecified atom stereocenters. The number of hydrogen-bond donors (Lipinski definition) is 0. The van der Waals surface area contributed by atoms with E-state index in [2.05, 4.69) is 16.8 Å². The summed E-state index contributed by atoms with van der Waals surface area (Å²) in [5, 5.41) is 2.66. The molecule has 16 heavy (non-hydrogen) atoms. The summed E-state index contributed by atoms with van der Waals surface area (Å²) in [6, 6.07) is 11.5. The number of ether oxygens (including phenoxy) is 1. The Bertz CT molecular complexity index is 561. The van der Waals surface area contributed by atoms with Gasteiger partial charge in [0.15, 0.2) is 0 Å². The van der Waals surface area contributed by atoms with Gasteiger partial charge >= 0.3 is 5.97 Å². The first-order chi connectivity index (χ1) is 7.72. The van der Waals surface area contributed by atoms with Crippen molar-refractivity contribution in [2.24, 2.45) is 0 Å². The molecular weight excluding hydrogens is 216 g/mol. The van der Waals surface area contributed by atoms with Crippen LogP contribution in [-0.4, -0.2) is 16.2 Å². The normalized spacial score (nSPS) is 10.1. The van der Waals surface area contributed by atoms with Crippen LogP contribution in [-0.2, 0) is 4.79 Å². The van der Waals surface area contributed by atoms with Gasteiger partial charge in [-0.2, -0.15) is 0 Å². The van der Waals surface area contributed by atoms with Crippen molar-refractivity contribution in [3.05, 3.63) is 49.1 Å². The highest BCUT2D eigenvalue weighted by Crippen LogP contribution is 2.23. The molecule has 0 spiro atoms. The molecular formula is C13H9O2Si. The van der Waals surface area contributed by atoms with E-state index in [1.807, 2.05) is 36.4 Å². The molecule has 0 fully saturated rings. The first-order valence-corrected chi connectivity index (χ1v) is 5.30. The van der Waals surface area contributed by atoms with Crippen LogP contribution in [0.15, 0.2) is 49.1 Å². The fourth-order valence-electron chi connectivity index (χ4n) is 1.50. The van der Waals surface area contributed by atoms with Crippen LogP contribution >= 0.6 is 0 Å². The number of carbonyl (C=O) groups excluding carboxylic acids is 1. The molecule has 2 nitrogen and oxygen atoms in total. The van der Waals surface area contributed by atoms with Gasteiger partial charge in [-0.05, 0) is 10.6 Å². The quantitative estimate of drug-likeness (QED) is 0.337. The zero-order valence-electron chi connectivity index (χ0n) is 8.57. The molecule has 2 aromatic carbocycles. The van der Waals surface area contributed by atoms with Crippen molar-refractivity contribution in [1.82, 2.24) is 0 Å². The number of hydrogen-bond acceptors (Lipinski definition) is 2. The van der Waals surface area contributed by atoms with Crippen molar-refractivity contribution in [3.63, 3.8) is 0 Å². The SMILES string of the molecule is C=CC(=O)Oc1c([Si])ccc2ccccc12. The maximum Gasteiger partial charge on any atom is 0.335 e. The van der Waals surface area contributed by atoms with Crippen LogP contribution in [0.1, 0.15) is 0 Å². The van der Waals surface area contributed by atoms with E-state index >= 15 is 0 Å². The summed E-state index contributed by atoms with van der Waals surface area (Å²) < 4.78 is 5.20. The number of rotatable bonds is 2. The average molecular weight is 225 g/mol. The number of fused-ring (bicyclic) bond motifs is 1. The summed E-state index contributed by atoms with van der Waals surface area (Å²) in [7, 11) is 3.42. The zero-order chi connectivity index (χ0) is 11.5. The minimum atomic E-state index is -0.462. The number of esters is 1. The van der Waals surface area contributed by atoms with Crippen LogP contribution in [0.3, 0.4) is 0 Å². The fraction of sp³-hybridized carbons (Fsp3) is 0. The maximum atomic E-state index is 11.2. The van der Waals surface area contributed by atoms with E-state index in [-0.39, 0.29) is 0 Å². The van der Waals surface area contributed by atoms with Gasteiger partial charge < -0.3 is 4.74 Å². The molecule has 77 valence electrons. The van der Waals surface area contributed by atoms with E-state index in [9.17, 15) is 4.79 Å². The first kappa shape index (κ1) is 10.6. The van der Waals surface area contributed by atoms with Gasteiger partial charge in [0.05, 0.1) is 10.2 Å². The van der Waals surface area contributed by atoms with Gasteiger partial charge in [0.25, 0.3) is 0 Å². The maximum absolute atomic E-state index is 11.2. The highest BCUT2D eigenvalue weighted by molar-refractivity contribution is 6.36. The predicted molar refractivity (Wildman–Crippen MR) is 65.2 cm³/mol. The summed E-state index contributed by atoms with van der Waals surface area (Å²) in [6.07, 6.45) is 1.15. The average Bonchev–Trinajstić information content (AvgIpc) is 2.32. The Balaban J connectivity index is 2.61. The standard InChI is InChI=1S/C13H9O2Si/c1-2-12(14)15-13-10-6-4-3-5-9(10)7-8-11(13)16/h2-8H,1H2. The molecule has 2 aromatic rings. The van der Waals surface area contributed by atoms with Crippen LogP contribution in [0.4, 0.5) is 0 Å². The van der Waals surface area contributed by atoms with E-state index < -0.39 is 5.97 Å². The third-order valence-corrected chi connectivity index (χ3v) is 2.64. The van der Waals surface area contributed by atoms with Crippen molar-refractivity contribution in [2.45, 2.75) is 0 Å². The molecule has 0 saturated carbocycles. The summed E-state index contributed by atoms with van der Waals surface area (Å²) >= 11 is 0. The lowest BCUT2D eigenvalue weighted by Gasteiger charge is -2.09. The van der Waals surface area contributed by atoms with Gasteiger partial charge in [-0.15, -0.1) is 0 Å². The Labute approximate surface area is 97.0 Å². The van der Waals surface area contributed by atoms with Crippen molar-refractivity contribution >= 4 is 32.2 Å². The van der Waals surface area contributed by atoms with Gasteiger partial charge in [-0.1, -0.05) is 43.0 Å². The molecule has 2 rings (SSSR count). The molecule has 0 heterocycles. The largest absolute Gasteiger partial charge is 0.423 e. The molecule has 3 radical (unpaired) electrons. The lowest BCUT2D eigenvalue weighted by molar-refractivity contribution is -0.128. The molecule has 0 amide bonds. The monoisotopic (exact) mass is 225 g/mol. The lowest BCUT2D eigenvalue weighted by atomic mass is 10.1. The summed E-state index contributed by atoms with van der Waals surface area (Å²) in [6.45, 7) is 3.38. The Kier molecular flexibility index (Phi) is 2.88. The Hall–Kier alpha value is -1.87. The van der Waals surface area contributed by atoms with E-state index in [1.54, 1.807) is 0 Å². The van der Waals surface area contributed by atoms with E-state index in [0.717, 1.165) is 22.0 Å². The molecule has 0 bridgehead atoms. The van der Waals surface area contributed by atoms with Crippen LogP contribution in [0.5, 0.6) is 5.75 Å². The van der Waals surface area contributed by atoms with E-state index in [0.29, 0.717) is 5.75 Å². The smallest absolute Gasteiger partial charge is 0.335 e. The van der Waals surface area contributed by atoms with Gasteiger partial charge in [-0.3, -0.25) is 0 Å². The zero-order valence-corrected chi connectivity index (χ0v) is 9.57. The molecule has 0 saturated heterocycles. The highest BCUT2D eigenvalue weighted by atomic mass is 28.1. The van der Waals surface area contributed by atoms with Crippen LogP contribution in [0.2, 0.25) is 0 Å². The fourth-order valence-corrected chi connectivity index (χ4v) is 1.76. The topological polar surface area (TPSA) is 26.3 Å². The third kappa shape index (κ3) is 1.90. The van der Waals surface area contributed by atoms with Crippen molar-refractivity contribution in [1.29, 1.82) is 0 Å². The van der Waals surface area contributed by atoms with Crippen molar-refractivity contribution < 1.29 is 9.53 Å². The minimum Gasteiger partial charge on any atom is -0.423 e. The molecule has 3 heteroatoms. The Morgan fingerprint density at radius 2 is 2.00 bits per heavy atom. The molecule has 0 atom stereocenters. The minimum absolute atomic E-state index is 0.462. The third-order valence-electron chi connectivity index (χ3n) is 2.25. The number of carbonyl (C=O) groups is 1. The van der Waals surface area contributed by atoms with Gasteiger partial charge in [0, 0.05) is 11.5 Å². The van der Waals surface area contributed by atoms with Crippen molar-refractivity contribution in [3.8, 4) is 5.75 Å². The molecule has 0 aliphatic heterocycles. The van der Waals surface area contributed by atoms with Gasteiger partial charge in [0.1, 0.15) is 5.75 Å². The summed E-state index contributed by atoms with van der Waals surface area (Å²) in [5.74, 6) is 0.0653. The second-order valence-corrected chi connectivity index (χ2v) is 3.83. The van der Waals surface area contributed by atoms with Crippen LogP contribution in [0.25, 0.3) is 10.8 Å². The van der Waals surface area contributed by atoms with E-state index in [4.69, 9.17) is 4.74 Å². The van der Waals surface area contributed by atoms with Crippen molar-refractivity contribution in [2.75, 3.05) is 0 Å². The van der Waals surface area contributed by atoms with Crippen LogP contribution < -0.4 is 9.92 Å². The first-order valence-electron chi connectivity index (χ1n) is 4.80. The summed E-state index contributed by atoms with van der Waals surface area (Å²) in [4.78, 5) is 11.2. The van der Waals surface area contributed by atoms with Gasteiger partial charge in [-0.25, -0.2) is 4.79 Å². The van der Waals surface area contributed by atoms with Crippen LogP contribution in [0, 0.1) is 0 Å². The molecule has 0 aliphatic carbocycles. The molecule has 0 aromatic heterocycles. The predicted octanol–water partition coefficient (Wildman–Crippen LogP) is 1.72. The highest BCUT2D eigenvalue weighted by Gasteiger charge is 2.08. The van der Waals surface area contributed by atoms with E-state index in [1.165, 1.54) is 0 Å². The Morgan fingerprint density at radius 1 is 1.25 bits per heavy atom. The molecule has 0 aliphatic rings. The Morgan fingerprint density at radius 3 is 2.75 bits per heavy atom. The second kappa shape index (κ2) is 4.33. The summed E-state index contributed by atoms with van der Waals surface area (Å²) in [5.41, 5.74) is 0. The number of benzene rings is 2. The second-order valence-electron chi connectivity index (χ2n) is 3.29.